The minimum absolute atomic E-state index is 0.0358. The van der Waals surface area contributed by atoms with Gasteiger partial charge in [0.05, 0.1) is 11.6 Å². The Morgan fingerprint density at radius 3 is 2.38 bits per heavy atom. The van der Waals surface area contributed by atoms with Crippen LogP contribution >= 0.6 is 0 Å². The number of nitrogens with zero attached hydrogens (tertiary/aromatic N) is 3. The van der Waals surface area contributed by atoms with E-state index in [-0.39, 0.29) is 34.9 Å². The van der Waals surface area contributed by atoms with Crippen LogP contribution in [0.1, 0.15) is 48.1 Å². The molecule has 1 unspecified atom stereocenters. The molecule has 3 rings (SSSR count). The number of carbonyl (C=O) groups is 2. The molecule has 0 saturated heterocycles. The Labute approximate surface area is 195 Å². The van der Waals surface area contributed by atoms with E-state index in [1.54, 1.807) is 44.2 Å². The third-order valence-corrected chi connectivity index (χ3v) is 4.96. The average molecular weight is 462 g/mol. The van der Waals surface area contributed by atoms with Crippen LogP contribution in [0.15, 0.2) is 48.5 Å². The lowest BCUT2D eigenvalue weighted by molar-refractivity contribution is -0.118. The highest BCUT2D eigenvalue weighted by Crippen LogP contribution is 2.31. The van der Waals surface area contributed by atoms with Gasteiger partial charge in [-0.05, 0) is 55.8 Å². The zero-order valence-electron chi connectivity index (χ0n) is 18.6. The van der Waals surface area contributed by atoms with Crippen LogP contribution in [0, 0.1) is 11.3 Å². The maximum atomic E-state index is 14.2. The number of carbonyl (C=O) groups excluding carboxylic acids is 2. The van der Waals surface area contributed by atoms with Crippen molar-refractivity contribution in [3.63, 3.8) is 0 Å². The Bertz CT molecular complexity index is 1260. The van der Waals surface area contributed by atoms with Gasteiger partial charge in [-0.3, -0.25) is 9.59 Å². The summed E-state index contributed by atoms with van der Waals surface area (Å²) in [5.74, 6) is -0.0903. The number of nitriles is 1. The lowest BCUT2D eigenvalue weighted by Gasteiger charge is -2.13. The normalized spacial score (nSPS) is 12.3. The number of hydrogen-bond acceptors (Lipinski definition) is 7. The summed E-state index contributed by atoms with van der Waals surface area (Å²) in [6.07, 6.45) is -1.03. The van der Waals surface area contributed by atoms with E-state index in [9.17, 15) is 19.2 Å². The summed E-state index contributed by atoms with van der Waals surface area (Å²) in [7, 11) is 0. The van der Waals surface area contributed by atoms with Crippen LogP contribution in [0.5, 0.6) is 11.5 Å². The highest BCUT2D eigenvalue weighted by molar-refractivity contribution is 5.92. The van der Waals surface area contributed by atoms with Crippen molar-refractivity contribution in [2.24, 2.45) is 11.5 Å². The minimum Gasteiger partial charge on any atom is -0.457 e. The summed E-state index contributed by atoms with van der Waals surface area (Å²) in [5.41, 5.74) is 11.7. The molecule has 34 heavy (non-hydrogen) atoms. The van der Waals surface area contributed by atoms with Gasteiger partial charge in [-0.2, -0.15) is 5.26 Å². The SMILES string of the molecule is CCC(F)c1cc(Oc2ccc(-c3nc(N[C@@H](C)C(N)=O)cc(C(N)=O)n3)cc2)ccc1C#N. The molecule has 0 spiro atoms. The molecule has 3 aromatic rings. The zero-order chi connectivity index (χ0) is 24.8. The fourth-order valence-corrected chi connectivity index (χ4v) is 3.06. The van der Waals surface area contributed by atoms with Crippen molar-refractivity contribution in [1.82, 2.24) is 9.97 Å². The van der Waals surface area contributed by atoms with Crippen LogP contribution < -0.4 is 21.5 Å². The number of halogens is 1. The van der Waals surface area contributed by atoms with Crippen LogP contribution in [0.25, 0.3) is 11.4 Å². The van der Waals surface area contributed by atoms with Crippen LogP contribution in [0.3, 0.4) is 0 Å². The first-order chi connectivity index (χ1) is 16.2. The van der Waals surface area contributed by atoms with Crippen molar-refractivity contribution in [1.29, 1.82) is 5.26 Å². The number of rotatable bonds is 9. The number of ether oxygens (including phenoxy) is 1. The number of benzene rings is 2. The zero-order valence-corrected chi connectivity index (χ0v) is 18.6. The van der Waals surface area contributed by atoms with E-state index in [2.05, 4.69) is 15.3 Å². The lowest BCUT2D eigenvalue weighted by Crippen LogP contribution is -2.33. The van der Waals surface area contributed by atoms with Crippen LogP contribution in [0.2, 0.25) is 0 Å². The molecule has 0 aliphatic rings. The summed E-state index contributed by atoms with van der Waals surface area (Å²) >= 11 is 0. The van der Waals surface area contributed by atoms with Crippen molar-refractivity contribution in [3.8, 4) is 29.0 Å². The fourth-order valence-electron chi connectivity index (χ4n) is 3.06. The molecule has 2 atom stereocenters. The van der Waals surface area contributed by atoms with E-state index in [1.807, 2.05) is 6.07 Å². The Hall–Kier alpha value is -4.52. The maximum Gasteiger partial charge on any atom is 0.267 e. The molecule has 174 valence electrons. The lowest BCUT2D eigenvalue weighted by atomic mass is 10.0. The molecule has 1 heterocycles. The molecule has 5 N–H and O–H groups in total. The van der Waals surface area contributed by atoms with Gasteiger partial charge in [0.15, 0.2) is 5.82 Å². The van der Waals surface area contributed by atoms with Crippen LogP contribution in [0.4, 0.5) is 10.2 Å². The Balaban J connectivity index is 1.87. The number of anilines is 1. The largest absolute Gasteiger partial charge is 0.457 e. The van der Waals surface area contributed by atoms with Crippen molar-refractivity contribution < 1.29 is 18.7 Å². The first-order valence-electron chi connectivity index (χ1n) is 10.4. The number of nitrogens with one attached hydrogen (secondary N) is 1. The summed E-state index contributed by atoms with van der Waals surface area (Å²) < 4.78 is 20.0. The van der Waals surface area contributed by atoms with Gasteiger partial charge in [-0.25, -0.2) is 14.4 Å². The maximum absolute atomic E-state index is 14.2. The van der Waals surface area contributed by atoms with Gasteiger partial charge in [-0.15, -0.1) is 0 Å². The standard InChI is InChI=1S/C24H23FN6O3/c1-3-19(25)18-10-17(9-6-15(18)12-26)34-16-7-4-14(5-8-16)24-30-20(23(28)33)11-21(31-24)29-13(2)22(27)32/h4-11,13,19H,3H2,1-2H3,(H2,27,32)(H2,28,33)(H,29,30,31)/t13-,19?/m0/s1. The van der Waals surface area contributed by atoms with E-state index in [0.29, 0.717) is 17.1 Å². The van der Waals surface area contributed by atoms with Gasteiger partial charge >= 0.3 is 0 Å². The molecule has 0 bridgehead atoms. The molecule has 0 saturated carbocycles. The molecular weight excluding hydrogens is 439 g/mol. The Morgan fingerprint density at radius 1 is 1.12 bits per heavy atom. The molecule has 0 fully saturated rings. The number of nitrogens with two attached hydrogens (primary N) is 2. The smallest absolute Gasteiger partial charge is 0.267 e. The van der Waals surface area contributed by atoms with Crippen molar-refractivity contribution in [2.75, 3.05) is 5.32 Å². The molecule has 2 aromatic carbocycles. The van der Waals surface area contributed by atoms with E-state index in [4.69, 9.17) is 16.2 Å². The number of amides is 2. The quantitative estimate of drug-likeness (QED) is 0.438. The molecular formula is C24H23FN6O3. The molecule has 0 aliphatic carbocycles. The predicted molar refractivity (Wildman–Crippen MR) is 124 cm³/mol. The highest BCUT2D eigenvalue weighted by atomic mass is 19.1. The van der Waals surface area contributed by atoms with Crippen molar-refractivity contribution in [3.05, 3.63) is 65.4 Å². The molecule has 9 nitrogen and oxygen atoms in total. The number of hydrogen-bond donors (Lipinski definition) is 3. The number of primary amides is 2. The number of aromatic nitrogens is 2. The fraction of sp³-hybridized carbons (Fsp3) is 0.208. The van der Waals surface area contributed by atoms with Gasteiger partial charge in [0, 0.05) is 17.2 Å². The van der Waals surface area contributed by atoms with Crippen LogP contribution in [-0.4, -0.2) is 27.8 Å². The molecule has 2 amide bonds. The van der Waals surface area contributed by atoms with E-state index < -0.39 is 24.0 Å². The van der Waals surface area contributed by atoms with Gasteiger partial charge in [-0.1, -0.05) is 6.92 Å². The third kappa shape index (κ3) is 5.63. The molecule has 0 aliphatic heterocycles. The second-order valence-corrected chi connectivity index (χ2v) is 7.46. The Morgan fingerprint density at radius 2 is 1.79 bits per heavy atom. The van der Waals surface area contributed by atoms with Gasteiger partial charge in [0.2, 0.25) is 5.91 Å². The summed E-state index contributed by atoms with van der Waals surface area (Å²) in [5, 5.41) is 12.0. The van der Waals surface area contributed by atoms with Crippen molar-refractivity contribution >= 4 is 17.6 Å². The van der Waals surface area contributed by atoms with Gasteiger partial charge in [0.25, 0.3) is 5.91 Å². The second-order valence-electron chi connectivity index (χ2n) is 7.46. The monoisotopic (exact) mass is 462 g/mol. The summed E-state index contributed by atoms with van der Waals surface area (Å²) in [4.78, 5) is 31.6. The second kappa shape index (κ2) is 10.4. The summed E-state index contributed by atoms with van der Waals surface area (Å²) in [6.45, 7) is 3.25. The van der Waals surface area contributed by atoms with E-state index in [0.717, 1.165) is 0 Å². The first-order valence-corrected chi connectivity index (χ1v) is 10.4. The molecule has 1 aromatic heterocycles. The highest BCUT2D eigenvalue weighted by Gasteiger charge is 2.16. The Kier molecular flexibility index (Phi) is 7.38. The van der Waals surface area contributed by atoms with E-state index >= 15 is 0 Å². The molecule has 0 radical (unpaired) electrons. The first kappa shape index (κ1) is 24.1. The summed E-state index contributed by atoms with van der Waals surface area (Å²) in [6, 6.07) is 13.9. The number of alkyl halides is 1. The van der Waals surface area contributed by atoms with Gasteiger partial charge < -0.3 is 21.5 Å². The predicted octanol–water partition coefficient (Wildman–Crippen LogP) is 3.61. The third-order valence-electron chi connectivity index (χ3n) is 4.96. The molecule has 10 heteroatoms. The van der Waals surface area contributed by atoms with Crippen LogP contribution in [-0.2, 0) is 4.79 Å². The van der Waals surface area contributed by atoms with Crippen molar-refractivity contribution in [2.45, 2.75) is 32.5 Å². The van der Waals surface area contributed by atoms with Gasteiger partial charge in [0.1, 0.15) is 35.2 Å². The minimum atomic E-state index is -1.27. The van der Waals surface area contributed by atoms with E-state index in [1.165, 1.54) is 18.2 Å². The topological polar surface area (TPSA) is 157 Å². The average Bonchev–Trinajstić information content (AvgIpc) is 2.83.